The molecule has 0 aromatic heterocycles. The fourth-order valence-electron chi connectivity index (χ4n) is 0.922. The zero-order chi connectivity index (χ0) is 11.4. The van der Waals surface area contributed by atoms with Crippen molar-refractivity contribution in [3.05, 3.63) is 29.3 Å². The van der Waals surface area contributed by atoms with Gasteiger partial charge in [-0.15, -0.1) is 0 Å². The number of benzene rings is 1. The third kappa shape index (κ3) is 2.59. The molecule has 0 unspecified atom stereocenters. The van der Waals surface area contributed by atoms with E-state index >= 15 is 0 Å². The number of hydrogen-bond donors (Lipinski definition) is 1. The third-order valence-electron chi connectivity index (χ3n) is 1.68. The summed E-state index contributed by atoms with van der Waals surface area (Å²) in [5.41, 5.74) is 5.13. The lowest BCUT2D eigenvalue weighted by Gasteiger charge is -2.07. The van der Waals surface area contributed by atoms with Gasteiger partial charge in [0.25, 0.3) is 0 Å². The third-order valence-corrected chi connectivity index (χ3v) is 1.68. The standard InChI is InChI=1S/C9H9F4NO/c10-5-4-6(15-3-1-2-14)8(12)9(13)7(5)11/h4H,1-3,14H2. The highest BCUT2D eigenvalue weighted by Gasteiger charge is 2.19. The molecule has 0 aliphatic rings. The van der Waals surface area contributed by atoms with E-state index in [0.29, 0.717) is 19.0 Å². The second-order valence-electron chi connectivity index (χ2n) is 2.79. The molecule has 0 spiro atoms. The summed E-state index contributed by atoms with van der Waals surface area (Å²) in [7, 11) is 0. The molecule has 1 aromatic rings. The van der Waals surface area contributed by atoms with Crippen LogP contribution in [0.4, 0.5) is 17.6 Å². The average molecular weight is 223 g/mol. The minimum atomic E-state index is -1.88. The number of nitrogens with two attached hydrogens (primary N) is 1. The van der Waals surface area contributed by atoms with Gasteiger partial charge in [-0.05, 0) is 13.0 Å². The predicted octanol–water partition coefficient (Wildman–Crippen LogP) is 1.97. The molecule has 0 aliphatic heterocycles. The van der Waals surface area contributed by atoms with Crippen LogP contribution in [0.1, 0.15) is 6.42 Å². The maximum atomic E-state index is 12.9. The molecular weight excluding hydrogens is 214 g/mol. The number of rotatable bonds is 4. The lowest BCUT2D eigenvalue weighted by atomic mass is 10.3. The van der Waals surface area contributed by atoms with E-state index in [0.717, 1.165) is 0 Å². The van der Waals surface area contributed by atoms with E-state index in [1.54, 1.807) is 0 Å². The van der Waals surface area contributed by atoms with Crippen molar-refractivity contribution in [2.75, 3.05) is 13.2 Å². The first-order chi connectivity index (χ1) is 7.07. The lowest BCUT2D eigenvalue weighted by Crippen LogP contribution is -2.08. The van der Waals surface area contributed by atoms with Crippen LogP contribution in [0.2, 0.25) is 0 Å². The van der Waals surface area contributed by atoms with Crippen molar-refractivity contribution in [3.63, 3.8) is 0 Å². The van der Waals surface area contributed by atoms with Gasteiger partial charge in [-0.25, -0.2) is 13.2 Å². The van der Waals surface area contributed by atoms with Crippen molar-refractivity contribution >= 4 is 0 Å². The Morgan fingerprint density at radius 3 is 2.33 bits per heavy atom. The summed E-state index contributed by atoms with van der Waals surface area (Å²) >= 11 is 0. The first-order valence-corrected chi connectivity index (χ1v) is 4.23. The van der Waals surface area contributed by atoms with Crippen molar-refractivity contribution in [1.82, 2.24) is 0 Å². The van der Waals surface area contributed by atoms with E-state index < -0.39 is 29.0 Å². The van der Waals surface area contributed by atoms with E-state index in [9.17, 15) is 17.6 Å². The Labute approximate surface area is 83.6 Å². The molecule has 15 heavy (non-hydrogen) atoms. The van der Waals surface area contributed by atoms with Gasteiger partial charge in [-0.1, -0.05) is 0 Å². The summed E-state index contributed by atoms with van der Waals surface area (Å²) in [4.78, 5) is 0. The summed E-state index contributed by atoms with van der Waals surface area (Å²) in [5.74, 6) is -7.40. The van der Waals surface area contributed by atoms with E-state index in [1.807, 2.05) is 0 Å². The van der Waals surface area contributed by atoms with Crippen LogP contribution >= 0.6 is 0 Å². The van der Waals surface area contributed by atoms with Gasteiger partial charge >= 0.3 is 0 Å². The first-order valence-electron chi connectivity index (χ1n) is 4.23. The first kappa shape index (κ1) is 11.8. The maximum Gasteiger partial charge on any atom is 0.203 e. The predicted molar refractivity (Wildman–Crippen MR) is 45.4 cm³/mol. The Morgan fingerprint density at radius 1 is 1.07 bits per heavy atom. The fourth-order valence-corrected chi connectivity index (χ4v) is 0.922. The molecule has 0 saturated heterocycles. The zero-order valence-electron chi connectivity index (χ0n) is 7.70. The topological polar surface area (TPSA) is 35.2 Å². The maximum absolute atomic E-state index is 12.9. The molecule has 0 bridgehead atoms. The van der Waals surface area contributed by atoms with E-state index in [4.69, 9.17) is 10.5 Å². The molecule has 2 nitrogen and oxygen atoms in total. The second-order valence-corrected chi connectivity index (χ2v) is 2.79. The normalized spacial score (nSPS) is 10.5. The van der Waals surface area contributed by atoms with E-state index in [-0.39, 0.29) is 6.61 Å². The van der Waals surface area contributed by atoms with Gasteiger partial charge in [0, 0.05) is 6.07 Å². The zero-order valence-corrected chi connectivity index (χ0v) is 7.70. The van der Waals surface area contributed by atoms with Crippen LogP contribution in [0.3, 0.4) is 0 Å². The van der Waals surface area contributed by atoms with Crippen LogP contribution in [0.15, 0.2) is 6.07 Å². The van der Waals surface area contributed by atoms with Crippen LogP contribution in [0.5, 0.6) is 5.75 Å². The van der Waals surface area contributed by atoms with Crippen LogP contribution in [-0.2, 0) is 0 Å². The molecule has 0 radical (unpaired) electrons. The second kappa shape index (κ2) is 4.97. The van der Waals surface area contributed by atoms with E-state index in [2.05, 4.69) is 0 Å². The van der Waals surface area contributed by atoms with Gasteiger partial charge in [-0.3, -0.25) is 0 Å². The molecule has 1 rings (SSSR count). The highest BCUT2D eigenvalue weighted by Crippen LogP contribution is 2.24. The number of ether oxygens (including phenoxy) is 1. The Hall–Kier alpha value is -1.30. The van der Waals surface area contributed by atoms with Crippen LogP contribution in [-0.4, -0.2) is 13.2 Å². The molecule has 0 amide bonds. The molecule has 0 saturated carbocycles. The van der Waals surface area contributed by atoms with Gasteiger partial charge in [0.2, 0.25) is 11.6 Å². The highest BCUT2D eigenvalue weighted by molar-refractivity contribution is 5.27. The van der Waals surface area contributed by atoms with E-state index in [1.165, 1.54) is 0 Å². The fraction of sp³-hybridized carbons (Fsp3) is 0.333. The molecule has 0 fully saturated rings. The van der Waals surface area contributed by atoms with Gasteiger partial charge in [0.05, 0.1) is 6.61 Å². The summed E-state index contributed by atoms with van der Waals surface area (Å²) in [6.07, 6.45) is 0.403. The molecule has 0 aliphatic carbocycles. The Kier molecular flexibility index (Phi) is 3.90. The highest BCUT2D eigenvalue weighted by atomic mass is 19.2. The van der Waals surface area contributed by atoms with Gasteiger partial charge in [0.15, 0.2) is 17.4 Å². The molecule has 0 atom stereocenters. The van der Waals surface area contributed by atoms with Gasteiger partial charge < -0.3 is 10.5 Å². The van der Waals surface area contributed by atoms with Gasteiger partial charge in [-0.2, -0.15) is 4.39 Å². The van der Waals surface area contributed by atoms with Crippen molar-refractivity contribution in [2.45, 2.75) is 6.42 Å². The molecular formula is C9H9F4NO. The number of hydrogen-bond acceptors (Lipinski definition) is 2. The monoisotopic (exact) mass is 223 g/mol. The van der Waals surface area contributed by atoms with Crippen LogP contribution < -0.4 is 10.5 Å². The largest absolute Gasteiger partial charge is 0.490 e. The molecule has 2 N–H and O–H groups in total. The average Bonchev–Trinajstić information content (AvgIpc) is 2.23. The van der Waals surface area contributed by atoms with Crippen molar-refractivity contribution in [3.8, 4) is 5.75 Å². The van der Waals surface area contributed by atoms with Crippen LogP contribution in [0, 0.1) is 23.3 Å². The molecule has 84 valence electrons. The molecule has 1 aromatic carbocycles. The Bertz CT molecular complexity index is 356. The smallest absolute Gasteiger partial charge is 0.203 e. The van der Waals surface area contributed by atoms with Crippen molar-refractivity contribution in [1.29, 1.82) is 0 Å². The summed E-state index contributed by atoms with van der Waals surface area (Å²) in [5, 5.41) is 0. The quantitative estimate of drug-likeness (QED) is 0.366. The van der Waals surface area contributed by atoms with Crippen molar-refractivity contribution in [2.24, 2.45) is 5.73 Å². The van der Waals surface area contributed by atoms with Crippen LogP contribution in [0.25, 0.3) is 0 Å². The minimum Gasteiger partial charge on any atom is -0.490 e. The summed E-state index contributed by atoms with van der Waals surface area (Å²) < 4.78 is 55.4. The van der Waals surface area contributed by atoms with Crippen molar-refractivity contribution < 1.29 is 22.3 Å². The SMILES string of the molecule is NCCCOc1cc(F)c(F)c(F)c1F. The molecule has 0 heterocycles. The number of halogens is 4. The Balaban J connectivity index is 2.89. The minimum absolute atomic E-state index is 0.0118. The van der Waals surface area contributed by atoms with Gasteiger partial charge in [0.1, 0.15) is 0 Å². The molecule has 6 heteroatoms. The summed E-state index contributed by atoms with van der Waals surface area (Å²) in [6.45, 7) is 0.311. The Morgan fingerprint density at radius 2 is 1.73 bits per heavy atom. The summed E-state index contributed by atoms with van der Waals surface area (Å²) in [6, 6.07) is 0.463. The lowest BCUT2D eigenvalue weighted by molar-refractivity contribution is 0.283.